The molecule has 0 fully saturated rings. The van der Waals surface area contributed by atoms with Crippen LogP contribution >= 0.6 is 11.3 Å². The third-order valence-corrected chi connectivity index (χ3v) is 5.45. The monoisotopic (exact) mass is 362 g/mol. The second-order valence-electron chi connectivity index (χ2n) is 6.36. The molecule has 1 N–H and O–H groups in total. The van der Waals surface area contributed by atoms with E-state index in [1.807, 2.05) is 0 Å². The second kappa shape index (κ2) is 7.36. The average Bonchev–Trinajstić information content (AvgIpc) is 3.15. The third kappa shape index (κ3) is 3.66. The molecule has 0 aliphatic rings. The fourth-order valence-electron chi connectivity index (χ4n) is 2.97. The highest BCUT2D eigenvalue weighted by molar-refractivity contribution is 7.13. The van der Waals surface area contributed by atoms with Crippen molar-refractivity contribution >= 4 is 22.1 Å². The summed E-state index contributed by atoms with van der Waals surface area (Å²) in [6, 6.07) is 21.7. The fraction of sp³-hybridized carbons (Fsp3) is 0.136. The maximum absolute atomic E-state index is 13.0. The van der Waals surface area contributed by atoms with Crippen LogP contribution in [0.15, 0.2) is 72.1 Å². The minimum absolute atomic E-state index is 0.226. The molecule has 1 aromatic heterocycles. The molecule has 4 heteroatoms. The van der Waals surface area contributed by atoms with Crippen LogP contribution in [0, 0.1) is 5.82 Å². The van der Waals surface area contributed by atoms with E-state index in [4.69, 9.17) is 0 Å². The SMILES string of the molecule is CC(NCc1csc(-c2ccc(F)cc2)n1)c1ccc2ccccc2c1. The van der Waals surface area contributed by atoms with Crippen molar-refractivity contribution in [1.82, 2.24) is 10.3 Å². The number of rotatable bonds is 5. The van der Waals surface area contributed by atoms with E-state index >= 15 is 0 Å². The van der Waals surface area contributed by atoms with Crippen LogP contribution in [-0.4, -0.2) is 4.98 Å². The van der Waals surface area contributed by atoms with Gasteiger partial charge in [-0.05, 0) is 53.6 Å². The van der Waals surface area contributed by atoms with Crippen LogP contribution in [0.4, 0.5) is 4.39 Å². The van der Waals surface area contributed by atoms with Crippen LogP contribution in [-0.2, 0) is 6.54 Å². The highest BCUT2D eigenvalue weighted by Crippen LogP contribution is 2.25. The van der Waals surface area contributed by atoms with E-state index in [9.17, 15) is 4.39 Å². The first-order chi connectivity index (χ1) is 12.7. The van der Waals surface area contributed by atoms with E-state index in [0.717, 1.165) is 16.3 Å². The molecule has 2 nitrogen and oxygen atoms in total. The Morgan fingerprint density at radius 3 is 2.58 bits per heavy atom. The Labute approximate surface area is 156 Å². The molecule has 1 unspecified atom stereocenters. The van der Waals surface area contributed by atoms with Gasteiger partial charge in [-0.15, -0.1) is 11.3 Å². The van der Waals surface area contributed by atoms with Crippen LogP contribution in [0.3, 0.4) is 0 Å². The number of fused-ring (bicyclic) bond motifs is 1. The molecule has 1 atom stereocenters. The molecular formula is C22H19FN2S. The molecule has 0 bridgehead atoms. The molecule has 0 aliphatic heterocycles. The van der Waals surface area contributed by atoms with Crippen LogP contribution < -0.4 is 5.32 Å². The topological polar surface area (TPSA) is 24.9 Å². The Balaban J connectivity index is 1.44. The van der Waals surface area contributed by atoms with Gasteiger partial charge in [0.15, 0.2) is 0 Å². The Kier molecular flexibility index (Phi) is 4.78. The number of hydrogen-bond donors (Lipinski definition) is 1. The summed E-state index contributed by atoms with van der Waals surface area (Å²) in [6.45, 7) is 2.86. The highest BCUT2D eigenvalue weighted by atomic mass is 32.1. The van der Waals surface area contributed by atoms with E-state index in [1.54, 1.807) is 23.5 Å². The molecule has 4 rings (SSSR count). The fourth-order valence-corrected chi connectivity index (χ4v) is 3.79. The number of halogens is 1. The molecule has 3 aromatic carbocycles. The van der Waals surface area contributed by atoms with E-state index in [2.05, 4.69) is 65.1 Å². The van der Waals surface area contributed by atoms with Gasteiger partial charge in [0, 0.05) is 23.5 Å². The minimum atomic E-state index is -0.226. The summed E-state index contributed by atoms with van der Waals surface area (Å²) in [5.41, 5.74) is 3.21. The van der Waals surface area contributed by atoms with Crippen molar-refractivity contribution in [2.24, 2.45) is 0 Å². The number of hydrogen-bond acceptors (Lipinski definition) is 3. The largest absolute Gasteiger partial charge is 0.305 e. The predicted octanol–water partition coefficient (Wildman–Crippen LogP) is 5.95. The highest BCUT2D eigenvalue weighted by Gasteiger charge is 2.09. The van der Waals surface area contributed by atoms with Gasteiger partial charge in [0.25, 0.3) is 0 Å². The van der Waals surface area contributed by atoms with Crippen LogP contribution in [0.2, 0.25) is 0 Å². The summed E-state index contributed by atoms with van der Waals surface area (Å²) in [5.74, 6) is -0.226. The molecule has 0 amide bonds. The maximum Gasteiger partial charge on any atom is 0.123 e. The number of aromatic nitrogens is 1. The van der Waals surface area contributed by atoms with E-state index in [-0.39, 0.29) is 11.9 Å². The zero-order chi connectivity index (χ0) is 17.9. The number of benzene rings is 3. The van der Waals surface area contributed by atoms with Crippen molar-refractivity contribution < 1.29 is 4.39 Å². The lowest BCUT2D eigenvalue weighted by Gasteiger charge is -2.14. The lowest BCUT2D eigenvalue weighted by Crippen LogP contribution is -2.18. The van der Waals surface area contributed by atoms with Crippen LogP contribution in [0.25, 0.3) is 21.3 Å². The summed E-state index contributed by atoms with van der Waals surface area (Å²) in [6.07, 6.45) is 0. The van der Waals surface area contributed by atoms with E-state index < -0.39 is 0 Å². The van der Waals surface area contributed by atoms with Crippen LogP contribution in [0.1, 0.15) is 24.2 Å². The van der Waals surface area contributed by atoms with Gasteiger partial charge >= 0.3 is 0 Å². The summed E-state index contributed by atoms with van der Waals surface area (Å²) in [5, 5.41) is 9.02. The van der Waals surface area contributed by atoms with Gasteiger partial charge in [0.1, 0.15) is 10.8 Å². The summed E-state index contributed by atoms with van der Waals surface area (Å²) >= 11 is 1.58. The van der Waals surface area contributed by atoms with Gasteiger partial charge < -0.3 is 5.32 Å². The maximum atomic E-state index is 13.0. The zero-order valence-corrected chi connectivity index (χ0v) is 15.3. The van der Waals surface area contributed by atoms with E-state index in [0.29, 0.717) is 6.54 Å². The molecule has 0 saturated heterocycles. The lowest BCUT2D eigenvalue weighted by atomic mass is 10.0. The molecule has 26 heavy (non-hydrogen) atoms. The molecule has 0 saturated carbocycles. The van der Waals surface area contributed by atoms with Crippen molar-refractivity contribution in [2.45, 2.75) is 19.5 Å². The molecule has 130 valence electrons. The molecule has 1 heterocycles. The zero-order valence-electron chi connectivity index (χ0n) is 14.4. The van der Waals surface area contributed by atoms with Gasteiger partial charge in [-0.3, -0.25) is 0 Å². The Hall–Kier alpha value is -2.56. The van der Waals surface area contributed by atoms with Crippen molar-refractivity contribution in [3.63, 3.8) is 0 Å². The normalized spacial score (nSPS) is 12.4. The lowest BCUT2D eigenvalue weighted by molar-refractivity contribution is 0.570. The Morgan fingerprint density at radius 2 is 1.77 bits per heavy atom. The van der Waals surface area contributed by atoms with Gasteiger partial charge in [-0.25, -0.2) is 9.37 Å². The number of nitrogens with one attached hydrogen (secondary N) is 1. The smallest absolute Gasteiger partial charge is 0.123 e. The van der Waals surface area contributed by atoms with Gasteiger partial charge in [-0.1, -0.05) is 36.4 Å². The summed E-state index contributed by atoms with van der Waals surface area (Å²) < 4.78 is 13.0. The summed E-state index contributed by atoms with van der Waals surface area (Å²) in [4.78, 5) is 4.66. The standard InChI is InChI=1S/C22H19FN2S/c1-15(18-7-6-16-4-2-3-5-19(16)12-18)24-13-21-14-26-22(25-21)17-8-10-20(23)11-9-17/h2-12,14-15,24H,13H2,1H3. The quantitative estimate of drug-likeness (QED) is 0.474. The van der Waals surface area contributed by atoms with Gasteiger partial charge in [0.05, 0.1) is 5.69 Å². The number of nitrogens with zero attached hydrogens (tertiary/aromatic N) is 1. The molecule has 4 aromatic rings. The van der Waals surface area contributed by atoms with Gasteiger partial charge in [-0.2, -0.15) is 0 Å². The average molecular weight is 362 g/mol. The van der Waals surface area contributed by atoms with Crippen molar-refractivity contribution in [3.05, 3.63) is 89.2 Å². The number of thiazole rings is 1. The van der Waals surface area contributed by atoms with Crippen molar-refractivity contribution in [1.29, 1.82) is 0 Å². The molecule has 0 radical (unpaired) electrons. The summed E-state index contributed by atoms with van der Waals surface area (Å²) in [7, 11) is 0. The first-order valence-corrected chi connectivity index (χ1v) is 9.49. The first-order valence-electron chi connectivity index (χ1n) is 8.61. The minimum Gasteiger partial charge on any atom is -0.305 e. The predicted molar refractivity (Wildman–Crippen MR) is 107 cm³/mol. The Morgan fingerprint density at radius 1 is 1.00 bits per heavy atom. The first kappa shape index (κ1) is 16.9. The molecular weight excluding hydrogens is 343 g/mol. The third-order valence-electron chi connectivity index (χ3n) is 4.51. The Bertz CT molecular complexity index is 1020. The molecule has 0 spiro atoms. The van der Waals surface area contributed by atoms with Crippen molar-refractivity contribution in [3.8, 4) is 10.6 Å². The van der Waals surface area contributed by atoms with E-state index in [1.165, 1.54) is 28.5 Å². The van der Waals surface area contributed by atoms with Crippen LogP contribution in [0.5, 0.6) is 0 Å². The molecule has 0 aliphatic carbocycles. The van der Waals surface area contributed by atoms with Gasteiger partial charge in [0.2, 0.25) is 0 Å². The second-order valence-corrected chi connectivity index (χ2v) is 7.22. The van der Waals surface area contributed by atoms with Crippen molar-refractivity contribution in [2.75, 3.05) is 0 Å².